The Morgan fingerprint density at radius 2 is 1.43 bits per heavy atom. The van der Waals surface area contributed by atoms with Gasteiger partial charge < -0.3 is 15.1 Å². The van der Waals surface area contributed by atoms with Gasteiger partial charge in [-0.3, -0.25) is 9.59 Å². The number of carbonyl (C=O) groups is 2. The fourth-order valence-corrected chi connectivity index (χ4v) is 3.79. The Kier molecular flexibility index (Phi) is 6.10. The van der Waals surface area contributed by atoms with Crippen LogP contribution in [0.1, 0.15) is 6.42 Å². The van der Waals surface area contributed by atoms with Crippen LogP contribution in [-0.4, -0.2) is 22.0 Å². The van der Waals surface area contributed by atoms with Crippen LogP contribution in [0.15, 0.2) is 94.6 Å². The molecule has 1 atom stereocenters. The maximum Gasteiger partial charge on any atom is 0.257 e. The molecule has 2 N–H and O–H groups in total. The van der Waals surface area contributed by atoms with Crippen molar-refractivity contribution in [1.29, 1.82) is 0 Å². The number of aromatic nitrogens is 1. The average Bonchev–Trinajstić information content (AvgIpc) is 3.17. The van der Waals surface area contributed by atoms with Crippen molar-refractivity contribution in [3.8, 4) is 0 Å². The van der Waals surface area contributed by atoms with Crippen molar-refractivity contribution in [3.63, 3.8) is 0 Å². The molecule has 0 aliphatic heterocycles. The average molecular weight is 417 g/mol. The molecule has 0 bridgehead atoms. The molecule has 30 heavy (non-hydrogen) atoms. The first-order valence-corrected chi connectivity index (χ1v) is 10.3. The Morgan fingerprint density at radius 1 is 0.833 bits per heavy atom. The Balaban J connectivity index is 1.51. The van der Waals surface area contributed by atoms with Crippen molar-refractivity contribution in [2.24, 2.45) is 0 Å². The predicted octanol–water partition coefficient (Wildman–Crippen LogP) is 4.96. The molecule has 3 aromatic carbocycles. The van der Waals surface area contributed by atoms with Gasteiger partial charge in [0.25, 0.3) is 5.22 Å². The van der Waals surface area contributed by atoms with Crippen molar-refractivity contribution < 1.29 is 14.0 Å². The molecule has 150 valence electrons. The van der Waals surface area contributed by atoms with E-state index in [0.717, 1.165) is 11.8 Å². The zero-order valence-electron chi connectivity index (χ0n) is 15.9. The molecular formula is C23H19N3O3S. The SMILES string of the molecule is O=C(CC(Sc1nc2ccccc2o1)C(=O)Nc1ccccc1)Nc1ccccc1. The number of anilines is 2. The number of carbonyl (C=O) groups excluding carboxylic acids is 2. The summed E-state index contributed by atoms with van der Waals surface area (Å²) in [6, 6.07) is 25.6. The second kappa shape index (κ2) is 9.28. The lowest BCUT2D eigenvalue weighted by atomic mass is 10.2. The van der Waals surface area contributed by atoms with E-state index in [1.54, 1.807) is 24.3 Å². The largest absolute Gasteiger partial charge is 0.431 e. The van der Waals surface area contributed by atoms with Crippen LogP contribution in [-0.2, 0) is 9.59 Å². The van der Waals surface area contributed by atoms with Crippen LogP contribution in [0.25, 0.3) is 11.1 Å². The molecule has 0 aliphatic rings. The van der Waals surface area contributed by atoms with Crippen LogP contribution in [0.4, 0.5) is 11.4 Å². The van der Waals surface area contributed by atoms with E-state index in [1.165, 1.54) is 0 Å². The van der Waals surface area contributed by atoms with Gasteiger partial charge in [0.05, 0.1) is 0 Å². The number of thioether (sulfide) groups is 1. The number of para-hydroxylation sites is 4. The summed E-state index contributed by atoms with van der Waals surface area (Å²) >= 11 is 1.13. The Bertz CT molecular complexity index is 1110. The monoisotopic (exact) mass is 417 g/mol. The van der Waals surface area contributed by atoms with E-state index in [-0.39, 0.29) is 18.2 Å². The van der Waals surface area contributed by atoms with Crippen LogP contribution in [0.2, 0.25) is 0 Å². The predicted molar refractivity (Wildman–Crippen MR) is 118 cm³/mol. The summed E-state index contributed by atoms with van der Waals surface area (Å²) in [4.78, 5) is 29.9. The van der Waals surface area contributed by atoms with Crippen LogP contribution in [0.3, 0.4) is 0 Å². The standard InChI is InChI=1S/C23H19N3O3S/c27-21(24-16-9-3-1-4-10-16)15-20(22(28)25-17-11-5-2-6-12-17)30-23-26-18-13-7-8-14-19(18)29-23/h1-14,20H,15H2,(H,24,27)(H,25,28). The fourth-order valence-electron chi connectivity index (χ4n) is 2.86. The first-order valence-electron chi connectivity index (χ1n) is 9.40. The van der Waals surface area contributed by atoms with Gasteiger partial charge in [-0.15, -0.1) is 0 Å². The summed E-state index contributed by atoms with van der Waals surface area (Å²) in [6.07, 6.45) is -0.0308. The highest BCUT2D eigenvalue weighted by Crippen LogP contribution is 2.29. The van der Waals surface area contributed by atoms with Gasteiger partial charge in [-0.2, -0.15) is 0 Å². The van der Waals surface area contributed by atoms with Gasteiger partial charge in [0.15, 0.2) is 5.58 Å². The van der Waals surface area contributed by atoms with E-state index in [1.807, 2.05) is 60.7 Å². The van der Waals surface area contributed by atoms with Crippen LogP contribution in [0, 0.1) is 0 Å². The highest BCUT2D eigenvalue weighted by molar-refractivity contribution is 8.00. The topological polar surface area (TPSA) is 84.2 Å². The maximum absolute atomic E-state index is 12.9. The van der Waals surface area contributed by atoms with Crippen molar-refractivity contribution >= 4 is 46.1 Å². The van der Waals surface area contributed by atoms with E-state index in [4.69, 9.17) is 4.42 Å². The highest BCUT2D eigenvalue weighted by Gasteiger charge is 2.26. The van der Waals surface area contributed by atoms with Crippen molar-refractivity contribution in [2.45, 2.75) is 16.9 Å². The molecule has 0 saturated carbocycles. The molecule has 4 rings (SSSR count). The first-order chi connectivity index (χ1) is 14.7. The van der Waals surface area contributed by atoms with Gasteiger partial charge in [-0.25, -0.2) is 4.98 Å². The van der Waals surface area contributed by atoms with E-state index in [0.29, 0.717) is 27.7 Å². The number of hydrogen-bond donors (Lipinski definition) is 2. The van der Waals surface area contributed by atoms with Gasteiger partial charge in [0, 0.05) is 17.8 Å². The van der Waals surface area contributed by atoms with Crippen LogP contribution in [0.5, 0.6) is 0 Å². The number of oxazole rings is 1. The maximum atomic E-state index is 12.9. The fraction of sp³-hybridized carbons (Fsp3) is 0.0870. The number of hydrogen-bond acceptors (Lipinski definition) is 5. The third-order valence-corrected chi connectivity index (χ3v) is 5.32. The lowest BCUT2D eigenvalue weighted by Crippen LogP contribution is -2.29. The highest BCUT2D eigenvalue weighted by atomic mass is 32.2. The van der Waals surface area contributed by atoms with Gasteiger partial charge in [0.1, 0.15) is 10.8 Å². The molecule has 0 saturated heterocycles. The number of benzene rings is 3. The summed E-state index contributed by atoms with van der Waals surface area (Å²) in [6.45, 7) is 0. The molecule has 0 fully saturated rings. The van der Waals surface area contributed by atoms with Gasteiger partial charge in [-0.05, 0) is 36.4 Å². The van der Waals surface area contributed by atoms with Crippen molar-refractivity contribution in [1.82, 2.24) is 4.98 Å². The molecule has 0 radical (unpaired) electrons. The summed E-state index contributed by atoms with van der Waals surface area (Å²) in [5.74, 6) is -0.560. The molecule has 1 heterocycles. The molecule has 1 aromatic heterocycles. The number of fused-ring (bicyclic) bond motifs is 1. The second-order valence-electron chi connectivity index (χ2n) is 6.53. The Hall–Kier alpha value is -3.58. The lowest BCUT2D eigenvalue weighted by Gasteiger charge is -2.15. The molecule has 0 spiro atoms. The minimum atomic E-state index is -0.720. The van der Waals surface area contributed by atoms with Gasteiger partial charge >= 0.3 is 0 Å². The molecule has 0 aliphatic carbocycles. The minimum absolute atomic E-state index is 0.0308. The Labute approximate surface area is 177 Å². The Morgan fingerprint density at radius 3 is 2.10 bits per heavy atom. The molecule has 4 aromatic rings. The quantitative estimate of drug-likeness (QED) is 0.415. The van der Waals surface area contributed by atoms with Crippen LogP contribution >= 0.6 is 11.8 Å². The van der Waals surface area contributed by atoms with Crippen LogP contribution < -0.4 is 10.6 Å². The van der Waals surface area contributed by atoms with Crippen molar-refractivity contribution in [2.75, 3.05) is 10.6 Å². The van der Waals surface area contributed by atoms with E-state index < -0.39 is 5.25 Å². The normalized spacial score (nSPS) is 11.7. The number of amides is 2. The first kappa shape index (κ1) is 19.7. The summed E-state index contributed by atoms with van der Waals surface area (Å²) in [5, 5.41) is 5.30. The molecule has 7 heteroatoms. The third kappa shape index (κ3) is 5.07. The smallest absolute Gasteiger partial charge is 0.257 e. The zero-order valence-corrected chi connectivity index (χ0v) is 16.8. The van der Waals surface area contributed by atoms with E-state index in [9.17, 15) is 9.59 Å². The van der Waals surface area contributed by atoms with E-state index >= 15 is 0 Å². The molecule has 2 amide bonds. The number of rotatable bonds is 7. The summed E-state index contributed by atoms with van der Waals surface area (Å²) in [7, 11) is 0. The molecular weight excluding hydrogens is 398 g/mol. The number of nitrogens with zero attached hydrogens (tertiary/aromatic N) is 1. The molecule has 6 nitrogen and oxygen atoms in total. The van der Waals surface area contributed by atoms with Crippen molar-refractivity contribution in [3.05, 3.63) is 84.9 Å². The summed E-state index contributed by atoms with van der Waals surface area (Å²) in [5.41, 5.74) is 2.68. The molecule has 1 unspecified atom stereocenters. The van der Waals surface area contributed by atoms with E-state index in [2.05, 4.69) is 15.6 Å². The lowest BCUT2D eigenvalue weighted by molar-refractivity contribution is -0.120. The number of nitrogens with one attached hydrogen (secondary N) is 2. The van der Waals surface area contributed by atoms with Gasteiger partial charge in [-0.1, -0.05) is 60.3 Å². The zero-order chi connectivity index (χ0) is 20.8. The third-order valence-electron chi connectivity index (χ3n) is 4.28. The second-order valence-corrected chi connectivity index (χ2v) is 7.68. The summed E-state index contributed by atoms with van der Waals surface area (Å²) < 4.78 is 5.74. The van der Waals surface area contributed by atoms with Gasteiger partial charge in [0.2, 0.25) is 11.8 Å². The minimum Gasteiger partial charge on any atom is -0.431 e.